The van der Waals surface area contributed by atoms with E-state index in [0.717, 1.165) is 19.3 Å². The normalized spacial score (nSPS) is 22.0. The van der Waals surface area contributed by atoms with Crippen LogP contribution in [0.3, 0.4) is 0 Å². The molecule has 20 heavy (non-hydrogen) atoms. The van der Waals surface area contributed by atoms with Crippen molar-refractivity contribution in [3.63, 3.8) is 0 Å². The highest BCUT2D eigenvalue weighted by atomic mass is 16.5. The first-order valence-electron chi connectivity index (χ1n) is 7.05. The molecule has 1 heterocycles. The summed E-state index contributed by atoms with van der Waals surface area (Å²) in [6, 6.07) is 3.78. The molecule has 5 nitrogen and oxygen atoms in total. The summed E-state index contributed by atoms with van der Waals surface area (Å²) in [5.74, 6) is 0.261. The van der Waals surface area contributed by atoms with Crippen molar-refractivity contribution < 1.29 is 14.3 Å². The lowest BCUT2D eigenvalue weighted by atomic mass is 10.2. The maximum absolute atomic E-state index is 12.0. The molecule has 5 heteroatoms. The lowest BCUT2D eigenvalue weighted by Crippen LogP contribution is -2.21. The molecule has 0 radical (unpaired) electrons. The summed E-state index contributed by atoms with van der Waals surface area (Å²) in [6.07, 6.45) is 4.82. The molecule has 0 amide bonds. The molecule has 0 bridgehead atoms. The molecule has 0 aliphatic heterocycles. The largest absolute Gasteiger partial charge is 0.459 e. The van der Waals surface area contributed by atoms with E-state index < -0.39 is 0 Å². The molecule has 2 rings (SSSR count). The SMILES string of the molecule is COC1CCC(Nc2ncccc2C(=O)OC(C)C)C1. The van der Waals surface area contributed by atoms with E-state index in [1.807, 2.05) is 13.8 Å². The Balaban J connectivity index is 2.06. The zero-order chi connectivity index (χ0) is 14.5. The minimum absolute atomic E-state index is 0.139. The molecule has 2 atom stereocenters. The van der Waals surface area contributed by atoms with Gasteiger partial charge in [0, 0.05) is 19.3 Å². The van der Waals surface area contributed by atoms with Crippen molar-refractivity contribution >= 4 is 11.8 Å². The number of ether oxygens (including phenoxy) is 2. The number of methoxy groups -OCH3 is 1. The summed E-state index contributed by atoms with van der Waals surface area (Å²) < 4.78 is 10.6. The van der Waals surface area contributed by atoms with Crippen molar-refractivity contribution in [1.29, 1.82) is 0 Å². The average molecular weight is 278 g/mol. The van der Waals surface area contributed by atoms with Crippen LogP contribution in [0.25, 0.3) is 0 Å². The van der Waals surface area contributed by atoms with Crippen LogP contribution >= 0.6 is 0 Å². The second kappa shape index (κ2) is 6.70. The van der Waals surface area contributed by atoms with Crippen LogP contribution in [0.1, 0.15) is 43.5 Å². The third-order valence-corrected chi connectivity index (χ3v) is 3.43. The smallest absolute Gasteiger partial charge is 0.342 e. The highest BCUT2D eigenvalue weighted by Crippen LogP contribution is 2.25. The van der Waals surface area contributed by atoms with Crippen LogP contribution in [0.4, 0.5) is 5.82 Å². The quantitative estimate of drug-likeness (QED) is 0.839. The molecule has 2 unspecified atom stereocenters. The molecular weight excluding hydrogens is 256 g/mol. The molecule has 1 saturated carbocycles. The Morgan fingerprint density at radius 1 is 1.45 bits per heavy atom. The molecule has 110 valence electrons. The molecule has 1 N–H and O–H groups in total. The van der Waals surface area contributed by atoms with Gasteiger partial charge < -0.3 is 14.8 Å². The van der Waals surface area contributed by atoms with Gasteiger partial charge in [0.1, 0.15) is 11.4 Å². The first-order valence-corrected chi connectivity index (χ1v) is 7.05. The molecule has 1 aliphatic rings. The number of carbonyl (C=O) groups excluding carboxylic acids is 1. The van der Waals surface area contributed by atoms with Gasteiger partial charge in [-0.25, -0.2) is 9.78 Å². The number of aromatic nitrogens is 1. The fourth-order valence-electron chi connectivity index (χ4n) is 2.44. The van der Waals surface area contributed by atoms with Gasteiger partial charge >= 0.3 is 5.97 Å². The van der Waals surface area contributed by atoms with E-state index in [0.29, 0.717) is 23.5 Å². The van der Waals surface area contributed by atoms with Crippen molar-refractivity contribution in [2.45, 2.75) is 51.4 Å². The lowest BCUT2D eigenvalue weighted by Gasteiger charge is -2.16. The monoisotopic (exact) mass is 278 g/mol. The molecular formula is C15H22N2O3. The molecule has 0 saturated heterocycles. The van der Waals surface area contributed by atoms with Gasteiger partial charge in [-0.15, -0.1) is 0 Å². The summed E-state index contributed by atoms with van der Waals surface area (Å²) in [6.45, 7) is 3.67. The van der Waals surface area contributed by atoms with Gasteiger partial charge in [-0.05, 0) is 45.2 Å². The van der Waals surface area contributed by atoms with Gasteiger partial charge in [-0.1, -0.05) is 0 Å². The summed E-state index contributed by atoms with van der Waals surface area (Å²) in [5.41, 5.74) is 0.488. The predicted molar refractivity (Wildman–Crippen MR) is 76.8 cm³/mol. The van der Waals surface area contributed by atoms with E-state index in [4.69, 9.17) is 9.47 Å². The maximum Gasteiger partial charge on any atom is 0.342 e. The fourth-order valence-corrected chi connectivity index (χ4v) is 2.44. The van der Waals surface area contributed by atoms with Gasteiger partial charge in [0.05, 0.1) is 12.2 Å². The fraction of sp³-hybridized carbons (Fsp3) is 0.600. The highest BCUT2D eigenvalue weighted by molar-refractivity contribution is 5.94. The standard InChI is InChI=1S/C15H22N2O3/c1-10(2)20-15(18)13-5-4-8-16-14(13)17-11-6-7-12(9-11)19-3/h4-5,8,10-12H,6-7,9H2,1-3H3,(H,16,17). The van der Waals surface area contributed by atoms with Crippen molar-refractivity contribution in [2.24, 2.45) is 0 Å². The molecule has 1 aromatic rings. The van der Waals surface area contributed by atoms with Gasteiger partial charge in [-0.2, -0.15) is 0 Å². The van der Waals surface area contributed by atoms with Crippen LogP contribution in [0, 0.1) is 0 Å². The third-order valence-electron chi connectivity index (χ3n) is 3.43. The van der Waals surface area contributed by atoms with E-state index in [1.54, 1.807) is 25.4 Å². The Kier molecular flexibility index (Phi) is 4.95. The lowest BCUT2D eigenvalue weighted by molar-refractivity contribution is 0.0378. The molecule has 0 aromatic carbocycles. The molecule has 0 spiro atoms. The highest BCUT2D eigenvalue weighted by Gasteiger charge is 2.26. The number of rotatable bonds is 5. The Labute approximate surface area is 119 Å². The van der Waals surface area contributed by atoms with Crippen molar-refractivity contribution in [3.05, 3.63) is 23.9 Å². The first-order chi connectivity index (χ1) is 9.60. The summed E-state index contributed by atoms with van der Waals surface area (Å²) in [5, 5.41) is 3.34. The minimum atomic E-state index is -0.336. The first kappa shape index (κ1) is 14.8. The Hall–Kier alpha value is -1.62. The van der Waals surface area contributed by atoms with E-state index >= 15 is 0 Å². The number of hydrogen-bond acceptors (Lipinski definition) is 5. The molecule has 1 aliphatic carbocycles. The van der Waals surface area contributed by atoms with E-state index in [-0.39, 0.29) is 12.1 Å². The maximum atomic E-state index is 12.0. The minimum Gasteiger partial charge on any atom is -0.459 e. The molecule has 1 aromatic heterocycles. The number of nitrogens with one attached hydrogen (secondary N) is 1. The summed E-state index contributed by atoms with van der Waals surface area (Å²) in [4.78, 5) is 16.3. The number of pyridine rings is 1. The van der Waals surface area contributed by atoms with Gasteiger partial charge in [0.2, 0.25) is 0 Å². The van der Waals surface area contributed by atoms with E-state index in [2.05, 4.69) is 10.3 Å². The third kappa shape index (κ3) is 3.70. The van der Waals surface area contributed by atoms with Crippen LogP contribution in [-0.2, 0) is 9.47 Å². The van der Waals surface area contributed by atoms with Crippen LogP contribution < -0.4 is 5.32 Å². The van der Waals surface area contributed by atoms with E-state index in [9.17, 15) is 4.79 Å². The summed E-state index contributed by atoms with van der Waals surface area (Å²) in [7, 11) is 1.74. The number of anilines is 1. The molecule has 1 fully saturated rings. The van der Waals surface area contributed by atoms with Crippen LogP contribution in [-0.4, -0.2) is 36.3 Å². The predicted octanol–water partition coefficient (Wildman–Crippen LogP) is 2.63. The second-order valence-corrected chi connectivity index (χ2v) is 5.37. The van der Waals surface area contributed by atoms with Crippen LogP contribution in [0.5, 0.6) is 0 Å². The van der Waals surface area contributed by atoms with Gasteiger partial charge in [0.15, 0.2) is 0 Å². The Morgan fingerprint density at radius 3 is 2.90 bits per heavy atom. The van der Waals surface area contributed by atoms with Crippen molar-refractivity contribution in [1.82, 2.24) is 4.98 Å². The Morgan fingerprint density at radius 2 is 2.25 bits per heavy atom. The van der Waals surface area contributed by atoms with Crippen LogP contribution in [0.15, 0.2) is 18.3 Å². The van der Waals surface area contributed by atoms with Crippen molar-refractivity contribution in [2.75, 3.05) is 12.4 Å². The van der Waals surface area contributed by atoms with E-state index in [1.165, 1.54) is 0 Å². The number of hydrogen-bond donors (Lipinski definition) is 1. The van der Waals surface area contributed by atoms with Crippen molar-refractivity contribution in [3.8, 4) is 0 Å². The second-order valence-electron chi connectivity index (χ2n) is 5.37. The Bertz CT molecular complexity index is 462. The van der Waals surface area contributed by atoms with Crippen LogP contribution in [0.2, 0.25) is 0 Å². The van der Waals surface area contributed by atoms with Gasteiger partial charge in [-0.3, -0.25) is 0 Å². The zero-order valence-electron chi connectivity index (χ0n) is 12.3. The van der Waals surface area contributed by atoms with Gasteiger partial charge in [0.25, 0.3) is 0 Å². The number of carbonyl (C=O) groups is 1. The summed E-state index contributed by atoms with van der Waals surface area (Å²) >= 11 is 0. The topological polar surface area (TPSA) is 60.5 Å². The number of nitrogens with zero attached hydrogens (tertiary/aromatic N) is 1. The average Bonchev–Trinajstić information content (AvgIpc) is 2.86. The zero-order valence-corrected chi connectivity index (χ0v) is 12.3. The number of esters is 1.